The minimum Gasteiger partial charge on any atom is -0.467 e. The van der Waals surface area contributed by atoms with E-state index < -0.39 is 0 Å². The first-order valence-corrected chi connectivity index (χ1v) is 8.19. The maximum atomic E-state index is 6.00. The summed E-state index contributed by atoms with van der Waals surface area (Å²) in [6.45, 7) is 0.868. The summed E-state index contributed by atoms with van der Waals surface area (Å²) in [6.07, 6.45) is 6.91. The van der Waals surface area contributed by atoms with E-state index in [0.717, 1.165) is 33.0 Å². The molecule has 2 rings (SSSR count). The van der Waals surface area contributed by atoms with Gasteiger partial charge in [-0.05, 0) is 24.3 Å². The maximum absolute atomic E-state index is 6.00. The number of thiophene rings is 1. The second kappa shape index (κ2) is 7.66. The van der Waals surface area contributed by atoms with E-state index >= 15 is 0 Å². The van der Waals surface area contributed by atoms with Crippen molar-refractivity contribution in [3.63, 3.8) is 0 Å². The first-order chi connectivity index (χ1) is 9.31. The van der Waals surface area contributed by atoms with Gasteiger partial charge in [0, 0.05) is 17.2 Å². The van der Waals surface area contributed by atoms with E-state index in [1.165, 1.54) is 0 Å². The number of nitrogens with one attached hydrogen (secondary N) is 1. The third-order valence-electron chi connectivity index (χ3n) is 2.49. The largest absolute Gasteiger partial charge is 0.467 e. The lowest BCUT2D eigenvalue weighted by molar-refractivity contribution is 0.456. The Bertz CT molecular complexity index is 530. The molecule has 0 radical (unpaired) electrons. The third-order valence-corrected chi connectivity index (χ3v) is 4.65. The molecule has 1 unspecified atom stereocenters. The summed E-state index contributed by atoms with van der Waals surface area (Å²) in [4.78, 5) is 1.15. The fourth-order valence-electron chi connectivity index (χ4n) is 1.69. The molecule has 2 aromatic rings. The summed E-state index contributed by atoms with van der Waals surface area (Å²) >= 11 is 9.31. The van der Waals surface area contributed by atoms with E-state index in [2.05, 4.69) is 11.2 Å². The van der Waals surface area contributed by atoms with Crippen molar-refractivity contribution in [2.45, 2.75) is 6.04 Å². The molecule has 0 bridgehead atoms. The second-order valence-corrected chi connectivity index (χ2v) is 6.65. The molecule has 0 saturated heterocycles. The molecule has 0 spiro atoms. The van der Waals surface area contributed by atoms with E-state index in [1.54, 1.807) is 29.4 Å². The Morgan fingerprint density at radius 1 is 1.47 bits per heavy atom. The Morgan fingerprint density at radius 3 is 3.00 bits per heavy atom. The Hall–Kier alpha value is -0.860. The SMILES string of the molecule is C#CCSCCNC(c1ccco1)c1ccc(Cl)s1. The lowest BCUT2D eigenvalue weighted by Crippen LogP contribution is -2.23. The van der Waals surface area contributed by atoms with E-state index in [9.17, 15) is 0 Å². The Balaban J connectivity index is 1.98. The highest BCUT2D eigenvalue weighted by Crippen LogP contribution is 2.31. The van der Waals surface area contributed by atoms with Gasteiger partial charge in [0.25, 0.3) is 0 Å². The molecule has 100 valence electrons. The normalized spacial score (nSPS) is 12.2. The zero-order valence-corrected chi connectivity index (χ0v) is 12.7. The van der Waals surface area contributed by atoms with Crippen LogP contribution in [-0.2, 0) is 0 Å². The molecule has 1 atom stereocenters. The lowest BCUT2D eigenvalue weighted by atomic mass is 10.2. The van der Waals surface area contributed by atoms with Gasteiger partial charge in [0.15, 0.2) is 0 Å². The van der Waals surface area contributed by atoms with Crippen molar-refractivity contribution in [2.75, 3.05) is 18.1 Å². The number of terminal acetylenes is 1. The number of furan rings is 1. The fourth-order valence-corrected chi connectivity index (χ4v) is 3.36. The first kappa shape index (κ1) is 14.5. The van der Waals surface area contributed by atoms with Gasteiger partial charge in [-0.1, -0.05) is 17.5 Å². The number of rotatable bonds is 7. The molecule has 0 aliphatic rings. The molecule has 5 heteroatoms. The van der Waals surface area contributed by atoms with Gasteiger partial charge >= 0.3 is 0 Å². The van der Waals surface area contributed by atoms with Crippen LogP contribution < -0.4 is 5.32 Å². The molecule has 19 heavy (non-hydrogen) atoms. The number of hydrogen-bond acceptors (Lipinski definition) is 4. The van der Waals surface area contributed by atoms with Gasteiger partial charge in [-0.25, -0.2) is 0 Å². The third kappa shape index (κ3) is 4.32. The van der Waals surface area contributed by atoms with Crippen molar-refractivity contribution in [3.05, 3.63) is 45.5 Å². The Morgan fingerprint density at radius 2 is 2.37 bits per heavy atom. The molecule has 1 N–H and O–H groups in total. The first-order valence-electron chi connectivity index (χ1n) is 5.84. The molecule has 0 saturated carbocycles. The van der Waals surface area contributed by atoms with Crippen LogP contribution in [0, 0.1) is 12.3 Å². The van der Waals surface area contributed by atoms with Gasteiger partial charge < -0.3 is 9.73 Å². The average Bonchev–Trinajstić information content (AvgIpc) is 3.05. The van der Waals surface area contributed by atoms with Crippen molar-refractivity contribution < 1.29 is 4.42 Å². The van der Waals surface area contributed by atoms with Crippen molar-refractivity contribution in [1.82, 2.24) is 5.32 Å². The van der Waals surface area contributed by atoms with Gasteiger partial charge in [-0.3, -0.25) is 0 Å². The van der Waals surface area contributed by atoms with Crippen LogP contribution in [0.25, 0.3) is 0 Å². The lowest BCUT2D eigenvalue weighted by Gasteiger charge is -2.14. The topological polar surface area (TPSA) is 25.2 Å². The van der Waals surface area contributed by atoms with Crippen LogP contribution in [0.1, 0.15) is 16.7 Å². The average molecular weight is 312 g/mol. The molecule has 0 aliphatic carbocycles. The van der Waals surface area contributed by atoms with E-state index in [0.29, 0.717) is 0 Å². The molecule has 2 nitrogen and oxygen atoms in total. The van der Waals surface area contributed by atoms with Gasteiger partial charge in [0.1, 0.15) is 11.8 Å². The molecular weight excluding hydrogens is 298 g/mol. The zero-order valence-electron chi connectivity index (χ0n) is 10.3. The minimum absolute atomic E-state index is 0.0546. The van der Waals surface area contributed by atoms with Gasteiger partial charge in [-0.15, -0.1) is 29.5 Å². The van der Waals surface area contributed by atoms with Gasteiger partial charge in [-0.2, -0.15) is 0 Å². The van der Waals surface area contributed by atoms with Crippen LogP contribution in [0.4, 0.5) is 0 Å². The molecule has 2 aromatic heterocycles. The standard InChI is InChI=1S/C14H14ClNOS2/c1-2-9-18-10-7-16-14(11-4-3-8-17-11)12-5-6-13(15)19-12/h1,3-6,8,14,16H,7,9-10H2. The van der Waals surface area contributed by atoms with E-state index in [-0.39, 0.29) is 6.04 Å². The number of halogens is 1. The fraction of sp³-hybridized carbons (Fsp3) is 0.286. The van der Waals surface area contributed by atoms with E-state index in [4.69, 9.17) is 22.4 Å². The highest BCUT2D eigenvalue weighted by molar-refractivity contribution is 7.99. The van der Waals surface area contributed by atoms with Crippen LogP contribution in [0.3, 0.4) is 0 Å². The maximum Gasteiger partial charge on any atom is 0.126 e. The quantitative estimate of drug-likeness (QED) is 0.617. The smallest absolute Gasteiger partial charge is 0.126 e. The van der Waals surface area contributed by atoms with Crippen LogP contribution in [0.5, 0.6) is 0 Å². The zero-order chi connectivity index (χ0) is 13.5. The summed E-state index contributed by atoms with van der Waals surface area (Å²) in [6, 6.07) is 7.86. The van der Waals surface area contributed by atoms with Crippen LogP contribution in [0.2, 0.25) is 4.34 Å². The Labute approximate surface area is 126 Å². The highest BCUT2D eigenvalue weighted by Gasteiger charge is 2.17. The summed E-state index contributed by atoms with van der Waals surface area (Å²) in [5, 5.41) is 3.48. The Kier molecular flexibility index (Phi) is 5.87. The summed E-state index contributed by atoms with van der Waals surface area (Å²) in [7, 11) is 0. The van der Waals surface area contributed by atoms with Crippen molar-refractivity contribution >= 4 is 34.7 Å². The minimum atomic E-state index is 0.0546. The molecule has 2 heterocycles. The van der Waals surface area contributed by atoms with Crippen LogP contribution in [-0.4, -0.2) is 18.1 Å². The summed E-state index contributed by atoms with van der Waals surface area (Å²) in [5.74, 6) is 5.24. The summed E-state index contributed by atoms with van der Waals surface area (Å²) in [5.41, 5.74) is 0. The van der Waals surface area contributed by atoms with Crippen LogP contribution >= 0.6 is 34.7 Å². The predicted octanol–water partition coefficient (Wildman–Crippen LogP) is 4.04. The number of thioether (sulfide) groups is 1. The van der Waals surface area contributed by atoms with Crippen molar-refractivity contribution in [1.29, 1.82) is 0 Å². The predicted molar refractivity (Wildman–Crippen MR) is 84.0 cm³/mol. The second-order valence-electron chi connectivity index (χ2n) is 3.80. The molecule has 0 amide bonds. The highest BCUT2D eigenvalue weighted by atomic mass is 35.5. The van der Waals surface area contributed by atoms with Crippen molar-refractivity contribution in [2.24, 2.45) is 0 Å². The van der Waals surface area contributed by atoms with Crippen LogP contribution in [0.15, 0.2) is 34.9 Å². The van der Waals surface area contributed by atoms with Gasteiger partial charge in [0.2, 0.25) is 0 Å². The van der Waals surface area contributed by atoms with Gasteiger partial charge in [0.05, 0.1) is 16.4 Å². The molecule has 0 fully saturated rings. The van der Waals surface area contributed by atoms with E-state index in [1.807, 2.05) is 24.3 Å². The molecule has 0 aliphatic heterocycles. The number of hydrogen-bond donors (Lipinski definition) is 1. The summed E-state index contributed by atoms with van der Waals surface area (Å²) < 4.78 is 6.29. The monoisotopic (exact) mass is 311 g/mol. The molecular formula is C14H14ClNOS2. The molecule has 0 aromatic carbocycles. The van der Waals surface area contributed by atoms with Crippen molar-refractivity contribution in [3.8, 4) is 12.3 Å².